The Bertz CT molecular complexity index is 1540. The zero-order valence-corrected chi connectivity index (χ0v) is 22.6. The van der Waals surface area contributed by atoms with Crippen molar-refractivity contribution in [2.24, 2.45) is 5.92 Å². The molecular weight excluding hydrogens is 466 g/mol. The fourth-order valence-electron chi connectivity index (χ4n) is 6.26. The van der Waals surface area contributed by atoms with Crippen molar-refractivity contribution in [3.63, 3.8) is 0 Å². The predicted octanol–water partition coefficient (Wildman–Crippen LogP) is 6.36. The Labute approximate surface area is 225 Å². The van der Waals surface area contributed by atoms with Crippen LogP contribution in [-0.4, -0.2) is 33.3 Å². The molecule has 1 aliphatic heterocycles. The summed E-state index contributed by atoms with van der Waals surface area (Å²) in [5.41, 5.74) is 8.07. The van der Waals surface area contributed by atoms with Crippen LogP contribution < -0.4 is 15.5 Å². The second-order valence-corrected chi connectivity index (χ2v) is 11.2. The van der Waals surface area contributed by atoms with E-state index in [4.69, 9.17) is 0 Å². The minimum Gasteiger partial charge on any atom is -0.371 e. The van der Waals surface area contributed by atoms with Gasteiger partial charge in [0.1, 0.15) is 5.69 Å². The van der Waals surface area contributed by atoms with E-state index in [1.54, 1.807) is 0 Å². The lowest BCUT2D eigenvalue weighted by Crippen LogP contribution is -2.29. The van der Waals surface area contributed by atoms with Gasteiger partial charge in [0.2, 0.25) is 0 Å². The van der Waals surface area contributed by atoms with E-state index in [0.717, 1.165) is 52.9 Å². The number of hydrogen-bond donors (Lipinski definition) is 2. The Morgan fingerprint density at radius 3 is 2.71 bits per heavy atom. The fraction of sp³-hybridized carbons (Fsp3) is 0.394. The molecule has 0 spiro atoms. The van der Waals surface area contributed by atoms with Gasteiger partial charge in [-0.1, -0.05) is 50.8 Å². The SMILES string of the molecule is C=c1c(-c2cc3c(N4CCCCC4)cccc3[nH]2)n[nH]/c1=C/C=C(\C)c1cncc(CC2CCCCC2)c1. The number of aromatic amines is 2. The van der Waals surface area contributed by atoms with E-state index in [9.17, 15) is 0 Å². The molecule has 5 heteroatoms. The highest BCUT2D eigenvalue weighted by atomic mass is 15.1. The Morgan fingerprint density at radius 2 is 1.87 bits per heavy atom. The van der Waals surface area contributed by atoms with Crippen LogP contribution in [0.4, 0.5) is 5.69 Å². The van der Waals surface area contributed by atoms with Gasteiger partial charge in [0.25, 0.3) is 0 Å². The van der Waals surface area contributed by atoms with Gasteiger partial charge in [-0.3, -0.25) is 10.1 Å². The second kappa shape index (κ2) is 11.0. The monoisotopic (exact) mass is 505 g/mol. The second-order valence-electron chi connectivity index (χ2n) is 11.2. The molecule has 4 heterocycles. The number of piperidine rings is 1. The molecule has 2 aliphatic rings. The summed E-state index contributed by atoms with van der Waals surface area (Å²) in [5.74, 6) is 0.814. The van der Waals surface area contributed by atoms with Crippen LogP contribution in [0.15, 0.2) is 48.8 Å². The van der Waals surface area contributed by atoms with Crippen molar-refractivity contribution in [3.05, 3.63) is 70.5 Å². The van der Waals surface area contributed by atoms with E-state index in [2.05, 4.69) is 81.1 Å². The van der Waals surface area contributed by atoms with Crippen molar-refractivity contribution in [2.45, 2.75) is 64.7 Å². The van der Waals surface area contributed by atoms with Crippen molar-refractivity contribution >= 4 is 34.8 Å². The molecular formula is C33H39N5. The maximum atomic E-state index is 4.65. The summed E-state index contributed by atoms with van der Waals surface area (Å²) in [6, 6.07) is 11.1. The number of rotatable bonds is 6. The van der Waals surface area contributed by atoms with Gasteiger partial charge >= 0.3 is 0 Å². The molecule has 5 nitrogen and oxygen atoms in total. The average molecular weight is 506 g/mol. The fourth-order valence-corrected chi connectivity index (χ4v) is 6.26. The summed E-state index contributed by atoms with van der Waals surface area (Å²) in [6.07, 6.45) is 20.1. The predicted molar refractivity (Wildman–Crippen MR) is 159 cm³/mol. The molecule has 1 aliphatic carbocycles. The van der Waals surface area contributed by atoms with Gasteiger partial charge in [0.05, 0.1) is 11.0 Å². The zero-order chi connectivity index (χ0) is 25.9. The maximum absolute atomic E-state index is 4.65. The maximum Gasteiger partial charge on any atom is 0.116 e. The summed E-state index contributed by atoms with van der Waals surface area (Å²) in [7, 11) is 0. The number of H-pyrrole nitrogens is 2. The van der Waals surface area contributed by atoms with Crippen molar-refractivity contribution in [2.75, 3.05) is 18.0 Å². The van der Waals surface area contributed by atoms with Gasteiger partial charge < -0.3 is 9.88 Å². The van der Waals surface area contributed by atoms with Gasteiger partial charge in [-0.2, -0.15) is 5.10 Å². The third kappa shape index (κ3) is 5.20. The highest BCUT2D eigenvalue weighted by Crippen LogP contribution is 2.31. The summed E-state index contributed by atoms with van der Waals surface area (Å²) >= 11 is 0. The Balaban J connectivity index is 1.24. The summed E-state index contributed by atoms with van der Waals surface area (Å²) in [4.78, 5) is 10.7. The molecule has 2 fully saturated rings. The summed E-state index contributed by atoms with van der Waals surface area (Å²) in [6.45, 7) is 8.79. The van der Waals surface area contributed by atoms with Crippen molar-refractivity contribution in [1.82, 2.24) is 20.2 Å². The van der Waals surface area contributed by atoms with Crippen LogP contribution in [0.5, 0.6) is 0 Å². The highest BCUT2D eigenvalue weighted by Gasteiger charge is 2.17. The number of allylic oxidation sites excluding steroid dienone is 2. The number of nitrogens with zero attached hydrogens (tertiary/aromatic N) is 3. The zero-order valence-electron chi connectivity index (χ0n) is 22.6. The van der Waals surface area contributed by atoms with E-state index >= 15 is 0 Å². The van der Waals surface area contributed by atoms with Crippen molar-refractivity contribution < 1.29 is 0 Å². The molecule has 196 valence electrons. The number of hydrogen-bond acceptors (Lipinski definition) is 3. The molecule has 0 bridgehead atoms. The van der Waals surface area contributed by atoms with E-state index in [1.165, 1.54) is 79.1 Å². The number of nitrogens with one attached hydrogen (secondary N) is 2. The third-order valence-corrected chi connectivity index (χ3v) is 8.49. The van der Waals surface area contributed by atoms with E-state index in [0.29, 0.717) is 0 Å². The van der Waals surface area contributed by atoms with Gasteiger partial charge in [0.15, 0.2) is 0 Å². The van der Waals surface area contributed by atoms with E-state index in [-0.39, 0.29) is 0 Å². The van der Waals surface area contributed by atoms with Crippen LogP contribution >= 0.6 is 0 Å². The molecule has 0 amide bonds. The Morgan fingerprint density at radius 1 is 1.05 bits per heavy atom. The molecule has 0 unspecified atom stereocenters. The van der Waals surface area contributed by atoms with Crippen molar-refractivity contribution in [3.8, 4) is 11.4 Å². The standard InChI is InChI=1S/C33H39N5/c1-23(27-19-26(21-34-22-27)18-25-10-5-3-6-11-25)14-15-29-24(2)33(37-36-29)31-20-28-30(35-31)12-9-13-32(28)38-16-7-4-8-17-38/h9,12-15,19-22,25,35-36H,2-8,10-11,16-18H2,1H3/b23-14+,29-15+. The average Bonchev–Trinajstić information content (AvgIpc) is 3.56. The molecule has 0 atom stereocenters. The van der Waals surface area contributed by atoms with Crippen LogP contribution in [-0.2, 0) is 6.42 Å². The smallest absolute Gasteiger partial charge is 0.116 e. The number of aromatic nitrogens is 4. The van der Waals surface area contributed by atoms with Crippen molar-refractivity contribution in [1.29, 1.82) is 0 Å². The quantitative estimate of drug-likeness (QED) is 0.321. The summed E-state index contributed by atoms with van der Waals surface area (Å²) < 4.78 is 0. The van der Waals surface area contributed by atoms with Crippen LogP contribution in [0, 0.1) is 5.92 Å². The lowest BCUT2D eigenvalue weighted by Gasteiger charge is -2.29. The molecule has 1 saturated heterocycles. The van der Waals surface area contributed by atoms with Crippen LogP contribution in [0.3, 0.4) is 0 Å². The topological polar surface area (TPSA) is 60.6 Å². The first-order chi connectivity index (χ1) is 18.7. The van der Waals surface area contributed by atoms with Gasteiger partial charge in [-0.05, 0) is 85.6 Å². The normalized spacial score (nSPS) is 18.0. The molecule has 1 aromatic carbocycles. The van der Waals surface area contributed by atoms with E-state index in [1.807, 2.05) is 12.4 Å². The number of pyridine rings is 1. The minimum absolute atomic E-state index is 0.814. The molecule has 4 aromatic rings. The van der Waals surface area contributed by atoms with Crippen LogP contribution in [0.2, 0.25) is 0 Å². The molecule has 38 heavy (non-hydrogen) atoms. The van der Waals surface area contributed by atoms with Gasteiger partial charge in [-0.15, -0.1) is 0 Å². The Hall–Kier alpha value is -3.60. The van der Waals surface area contributed by atoms with Crippen LogP contribution in [0.1, 0.15) is 69.4 Å². The first-order valence-electron chi connectivity index (χ1n) is 14.4. The first kappa shape index (κ1) is 24.7. The first-order valence-corrected chi connectivity index (χ1v) is 14.4. The lowest BCUT2D eigenvalue weighted by atomic mass is 9.85. The largest absolute Gasteiger partial charge is 0.371 e. The molecule has 3 aromatic heterocycles. The van der Waals surface area contributed by atoms with E-state index < -0.39 is 0 Å². The highest BCUT2D eigenvalue weighted by molar-refractivity contribution is 5.96. The third-order valence-electron chi connectivity index (χ3n) is 8.49. The van der Waals surface area contributed by atoms with Gasteiger partial charge in [0, 0.05) is 47.3 Å². The molecule has 1 saturated carbocycles. The summed E-state index contributed by atoms with van der Waals surface area (Å²) in [5, 5.41) is 11.0. The number of benzene rings is 1. The number of fused-ring (bicyclic) bond motifs is 1. The van der Waals surface area contributed by atoms with Gasteiger partial charge in [-0.25, -0.2) is 0 Å². The minimum atomic E-state index is 0.814. The van der Waals surface area contributed by atoms with Crippen LogP contribution in [0.25, 0.3) is 40.5 Å². The lowest BCUT2D eigenvalue weighted by molar-refractivity contribution is 0.356. The molecule has 6 rings (SSSR count). The molecule has 2 N–H and O–H groups in total. The number of anilines is 1. The molecule has 0 radical (unpaired) electrons. The Kier molecular flexibility index (Phi) is 7.17.